The number of hydrogen-bond donors (Lipinski definition) is 3. The third-order valence-electron chi connectivity index (χ3n) is 8.07. The average Bonchev–Trinajstić information content (AvgIpc) is 3.34. The smallest absolute Gasteiger partial charge is 0.340 e. The number of aliphatic carboxylic acids is 1. The number of benzene rings is 2. The van der Waals surface area contributed by atoms with Crippen LogP contribution >= 0.6 is 11.6 Å². The summed E-state index contributed by atoms with van der Waals surface area (Å²) in [7, 11) is 0. The molecule has 0 unspecified atom stereocenters. The van der Waals surface area contributed by atoms with E-state index < -0.39 is 23.5 Å². The molecular formula is C33H35ClN2O7. The van der Waals surface area contributed by atoms with E-state index in [0.717, 1.165) is 47.8 Å². The number of carboxylic acid groups (broad SMARTS) is 1. The quantitative estimate of drug-likeness (QED) is 0.145. The predicted octanol–water partition coefficient (Wildman–Crippen LogP) is 5.41. The summed E-state index contributed by atoms with van der Waals surface area (Å²) < 4.78 is 11.7. The summed E-state index contributed by atoms with van der Waals surface area (Å²) in [6, 6.07) is 9.87. The highest BCUT2D eigenvalue weighted by Gasteiger charge is 2.24. The van der Waals surface area contributed by atoms with Gasteiger partial charge in [-0.15, -0.1) is 0 Å². The number of unbranched alkanes of at least 4 members (excludes halogenated alkanes) is 2. The zero-order valence-corrected chi connectivity index (χ0v) is 24.9. The topological polar surface area (TPSA) is 139 Å². The van der Waals surface area contributed by atoms with Gasteiger partial charge in [-0.2, -0.15) is 0 Å². The van der Waals surface area contributed by atoms with Crippen LogP contribution in [0.1, 0.15) is 66.5 Å². The number of nitrogens with one attached hydrogen (secondary N) is 2. The summed E-state index contributed by atoms with van der Waals surface area (Å²) in [6.45, 7) is 2.16. The van der Waals surface area contributed by atoms with Crippen LogP contribution in [0.2, 0.25) is 5.02 Å². The van der Waals surface area contributed by atoms with E-state index >= 15 is 0 Å². The molecule has 1 aliphatic carbocycles. The number of carbonyl (C=O) groups is 3. The summed E-state index contributed by atoms with van der Waals surface area (Å²) in [6.07, 6.45) is 5.89. The number of carboxylic acids is 1. The molecule has 0 aliphatic heterocycles. The molecule has 0 radical (unpaired) electrons. The van der Waals surface area contributed by atoms with Crippen molar-refractivity contribution >= 4 is 51.3 Å². The van der Waals surface area contributed by atoms with E-state index in [-0.39, 0.29) is 30.7 Å². The van der Waals surface area contributed by atoms with E-state index in [0.29, 0.717) is 47.6 Å². The lowest BCUT2D eigenvalue weighted by Gasteiger charge is -2.19. The monoisotopic (exact) mass is 606 g/mol. The summed E-state index contributed by atoms with van der Waals surface area (Å²) in [5, 5.41) is 16.8. The van der Waals surface area contributed by atoms with Gasteiger partial charge in [-0.3, -0.25) is 14.4 Å². The van der Waals surface area contributed by atoms with Gasteiger partial charge < -0.3 is 24.6 Å². The van der Waals surface area contributed by atoms with Crippen LogP contribution in [-0.2, 0) is 40.1 Å². The van der Waals surface area contributed by atoms with Gasteiger partial charge in [0.15, 0.2) is 0 Å². The minimum absolute atomic E-state index is 0.0839. The van der Waals surface area contributed by atoms with Crippen LogP contribution in [0.5, 0.6) is 0 Å². The van der Waals surface area contributed by atoms with Crippen molar-refractivity contribution in [1.82, 2.24) is 10.6 Å². The van der Waals surface area contributed by atoms with E-state index in [9.17, 15) is 19.2 Å². The van der Waals surface area contributed by atoms with Crippen LogP contribution in [0.15, 0.2) is 50.0 Å². The maximum Gasteiger partial charge on any atom is 0.340 e. The van der Waals surface area contributed by atoms with Gasteiger partial charge in [0.1, 0.15) is 23.0 Å². The normalized spacial score (nSPS) is 13.5. The van der Waals surface area contributed by atoms with Crippen molar-refractivity contribution < 1.29 is 28.3 Å². The predicted molar refractivity (Wildman–Crippen MR) is 164 cm³/mol. The van der Waals surface area contributed by atoms with Gasteiger partial charge in [-0.05, 0) is 68.4 Å². The molecule has 4 aromatic rings. The Hall–Kier alpha value is -4.11. The van der Waals surface area contributed by atoms with Crippen LogP contribution in [0.4, 0.5) is 0 Å². The number of halogens is 1. The van der Waals surface area contributed by atoms with Gasteiger partial charge in [0.25, 0.3) is 0 Å². The molecule has 3 N–H and O–H groups in total. The van der Waals surface area contributed by atoms with Crippen LogP contribution in [0.3, 0.4) is 0 Å². The van der Waals surface area contributed by atoms with Crippen molar-refractivity contribution in [2.45, 2.75) is 77.2 Å². The fraction of sp³-hybridized carbons (Fsp3) is 0.394. The molecule has 1 aliphatic rings. The molecule has 0 saturated heterocycles. The molecule has 5 rings (SSSR count). The zero-order chi connectivity index (χ0) is 30.5. The minimum atomic E-state index is -0.891. The Kier molecular flexibility index (Phi) is 9.50. The van der Waals surface area contributed by atoms with Crippen molar-refractivity contribution in [2.24, 2.45) is 0 Å². The van der Waals surface area contributed by atoms with E-state index in [1.165, 1.54) is 5.56 Å². The summed E-state index contributed by atoms with van der Waals surface area (Å²) in [5.74, 6) is -0.705. The van der Waals surface area contributed by atoms with Crippen molar-refractivity contribution in [3.8, 4) is 0 Å². The fourth-order valence-electron chi connectivity index (χ4n) is 5.73. The minimum Gasteiger partial charge on any atom is -0.481 e. The lowest BCUT2D eigenvalue weighted by atomic mass is 9.94. The van der Waals surface area contributed by atoms with E-state index in [1.807, 2.05) is 13.0 Å². The summed E-state index contributed by atoms with van der Waals surface area (Å²) in [5.41, 5.74) is 3.42. The molecule has 0 bridgehead atoms. The molecule has 9 nitrogen and oxygen atoms in total. The molecule has 10 heteroatoms. The largest absolute Gasteiger partial charge is 0.481 e. The third kappa shape index (κ3) is 7.28. The first kappa shape index (κ1) is 30.4. The third-order valence-corrected chi connectivity index (χ3v) is 8.32. The van der Waals surface area contributed by atoms with Crippen molar-refractivity contribution in [2.75, 3.05) is 6.54 Å². The van der Waals surface area contributed by atoms with E-state index in [4.69, 9.17) is 25.5 Å². The summed E-state index contributed by atoms with van der Waals surface area (Å²) >= 11 is 6.02. The van der Waals surface area contributed by atoms with E-state index in [2.05, 4.69) is 10.6 Å². The Balaban J connectivity index is 1.32. The van der Waals surface area contributed by atoms with Crippen LogP contribution in [-0.4, -0.2) is 35.5 Å². The molecule has 0 fully saturated rings. The second-order valence-corrected chi connectivity index (χ2v) is 11.6. The first-order valence-corrected chi connectivity index (χ1v) is 15.1. The number of rotatable bonds is 12. The van der Waals surface area contributed by atoms with Crippen molar-refractivity contribution in [3.63, 3.8) is 0 Å². The number of hydrogen-bond acceptors (Lipinski definition) is 6. The standard InChI is InChI=1S/C33H35ClN2O7/c1-19-23-16-25-22-7-4-5-8-27(22)42-29(25)18-28(23)43-33(41)24(19)17-30(37)36-26(15-20-10-12-21(34)13-11-20)32(40)35-14-6-2-3-9-31(38)39/h10-13,16,18,26H,2-9,14-15,17H2,1H3,(H,35,40)(H,36,37)(H,38,39)/t26-/m0/s1. The van der Waals surface area contributed by atoms with E-state index in [1.54, 1.807) is 30.3 Å². The number of fused-ring (bicyclic) bond motifs is 4. The Morgan fingerprint density at radius 2 is 1.72 bits per heavy atom. The summed E-state index contributed by atoms with van der Waals surface area (Å²) in [4.78, 5) is 50.2. The first-order chi connectivity index (χ1) is 20.7. The van der Waals surface area contributed by atoms with Gasteiger partial charge in [-0.1, -0.05) is 30.2 Å². The maximum atomic E-state index is 13.3. The molecule has 2 aromatic heterocycles. The zero-order valence-electron chi connectivity index (χ0n) is 24.1. The fourth-order valence-corrected chi connectivity index (χ4v) is 5.86. The van der Waals surface area contributed by atoms with Crippen molar-refractivity contribution in [1.29, 1.82) is 0 Å². The maximum absolute atomic E-state index is 13.3. The molecule has 2 aromatic carbocycles. The lowest BCUT2D eigenvalue weighted by molar-refractivity contribution is -0.137. The second kappa shape index (κ2) is 13.5. The first-order valence-electron chi connectivity index (χ1n) is 14.7. The number of amides is 2. The Labute approximate surface area is 253 Å². The molecule has 1 atom stereocenters. The molecule has 0 spiro atoms. The molecule has 2 heterocycles. The Morgan fingerprint density at radius 1 is 0.977 bits per heavy atom. The lowest BCUT2D eigenvalue weighted by Crippen LogP contribution is -2.49. The Morgan fingerprint density at radius 3 is 2.49 bits per heavy atom. The Bertz CT molecular complexity index is 1720. The van der Waals surface area contributed by atoms with Crippen LogP contribution in [0.25, 0.3) is 21.9 Å². The van der Waals surface area contributed by atoms with Gasteiger partial charge in [0.05, 0.1) is 12.0 Å². The number of carbonyl (C=O) groups excluding carboxylic acids is 2. The molecule has 43 heavy (non-hydrogen) atoms. The molecular weight excluding hydrogens is 572 g/mol. The number of furan rings is 1. The van der Waals surface area contributed by atoms with Crippen LogP contribution < -0.4 is 16.3 Å². The highest BCUT2D eigenvalue weighted by Crippen LogP contribution is 2.35. The average molecular weight is 607 g/mol. The highest BCUT2D eigenvalue weighted by atomic mass is 35.5. The second-order valence-electron chi connectivity index (χ2n) is 11.2. The highest BCUT2D eigenvalue weighted by molar-refractivity contribution is 6.30. The SMILES string of the molecule is Cc1c(CC(=O)N[C@@H](Cc2ccc(Cl)cc2)C(=O)NCCCCCC(=O)O)c(=O)oc2cc3oc4c(c3cc12)CCCC4. The van der Waals surface area contributed by atoms with Gasteiger partial charge in [0.2, 0.25) is 11.8 Å². The number of aryl methyl sites for hydroxylation is 3. The molecule has 226 valence electrons. The molecule has 0 saturated carbocycles. The molecule has 2 amide bonds. The van der Waals surface area contributed by atoms with Crippen molar-refractivity contribution in [3.05, 3.63) is 79.9 Å². The van der Waals surface area contributed by atoms with Gasteiger partial charge in [0, 0.05) is 53.2 Å². The van der Waals surface area contributed by atoms with Gasteiger partial charge in [-0.25, -0.2) is 4.79 Å². The van der Waals surface area contributed by atoms with Gasteiger partial charge >= 0.3 is 11.6 Å². The van der Waals surface area contributed by atoms with Crippen LogP contribution in [0, 0.1) is 6.92 Å².